The lowest BCUT2D eigenvalue weighted by atomic mass is 9.73. The maximum absolute atomic E-state index is 13.7. The second-order valence-electron chi connectivity index (χ2n) is 6.12. The molecule has 0 radical (unpaired) electrons. The topological polar surface area (TPSA) is 23.5 Å². The number of benzene rings is 1. The zero-order valence-electron chi connectivity index (χ0n) is 12.0. The van der Waals surface area contributed by atoms with Gasteiger partial charge in [-0.1, -0.05) is 26.0 Å². The Bertz CT molecular complexity index is 411. The molecule has 0 aromatic heterocycles. The molecule has 0 saturated heterocycles. The summed E-state index contributed by atoms with van der Waals surface area (Å²) in [6.07, 6.45) is 1.74. The van der Waals surface area contributed by atoms with Crippen LogP contribution in [0.2, 0.25) is 0 Å². The van der Waals surface area contributed by atoms with Crippen LogP contribution in [-0.4, -0.2) is 24.8 Å². The van der Waals surface area contributed by atoms with Crippen molar-refractivity contribution < 1.29 is 9.50 Å². The third-order valence-corrected chi connectivity index (χ3v) is 4.39. The van der Waals surface area contributed by atoms with Crippen LogP contribution in [0.5, 0.6) is 0 Å². The highest BCUT2D eigenvalue weighted by Gasteiger charge is 2.33. The molecule has 19 heavy (non-hydrogen) atoms. The van der Waals surface area contributed by atoms with Gasteiger partial charge in [-0.2, -0.15) is 0 Å². The molecule has 1 fully saturated rings. The number of rotatable bonds is 3. The Labute approximate surface area is 115 Å². The second kappa shape index (κ2) is 5.91. The van der Waals surface area contributed by atoms with Crippen molar-refractivity contribution in [3.63, 3.8) is 0 Å². The minimum atomic E-state index is -0.270. The zero-order valence-corrected chi connectivity index (χ0v) is 12.0. The molecule has 1 saturated carbocycles. The standard InChI is InChI=1S/C16H24FNO/c1-11-8-12(2)13(16(19)9-11)10-18(3)15-7-5-4-6-14(15)17/h4-7,11-13,16,19H,8-10H2,1-3H3. The molecule has 2 rings (SSSR count). The molecule has 4 unspecified atom stereocenters. The summed E-state index contributed by atoms with van der Waals surface area (Å²) in [5, 5.41) is 10.3. The van der Waals surface area contributed by atoms with Gasteiger partial charge in [-0.05, 0) is 36.8 Å². The summed E-state index contributed by atoms with van der Waals surface area (Å²) in [4.78, 5) is 1.93. The molecule has 106 valence electrons. The van der Waals surface area contributed by atoms with Crippen molar-refractivity contribution in [3.05, 3.63) is 30.1 Å². The van der Waals surface area contributed by atoms with E-state index >= 15 is 0 Å². The van der Waals surface area contributed by atoms with Crippen LogP contribution < -0.4 is 4.90 Å². The SMILES string of the molecule is CC1CC(C)C(CN(C)c2ccccc2F)C(O)C1. The number of aliphatic hydroxyl groups is 1. The Balaban J connectivity index is 2.06. The van der Waals surface area contributed by atoms with Crippen molar-refractivity contribution in [3.8, 4) is 0 Å². The van der Waals surface area contributed by atoms with Crippen molar-refractivity contribution >= 4 is 5.69 Å². The minimum absolute atomic E-state index is 0.198. The smallest absolute Gasteiger partial charge is 0.146 e. The van der Waals surface area contributed by atoms with Crippen LogP contribution in [-0.2, 0) is 0 Å². The fourth-order valence-electron chi connectivity index (χ4n) is 3.35. The first kappa shape index (κ1) is 14.3. The molecule has 0 aliphatic heterocycles. The maximum atomic E-state index is 13.7. The number of halogens is 1. The van der Waals surface area contributed by atoms with E-state index in [2.05, 4.69) is 13.8 Å². The molecule has 4 atom stereocenters. The third-order valence-electron chi connectivity index (χ3n) is 4.39. The van der Waals surface area contributed by atoms with Crippen molar-refractivity contribution in [1.29, 1.82) is 0 Å². The fraction of sp³-hybridized carbons (Fsp3) is 0.625. The number of para-hydroxylation sites is 1. The molecule has 1 aliphatic carbocycles. The predicted octanol–water partition coefficient (Wildman–Crippen LogP) is 3.31. The maximum Gasteiger partial charge on any atom is 0.146 e. The number of anilines is 1. The molecular formula is C16H24FNO. The van der Waals surface area contributed by atoms with Gasteiger partial charge in [0, 0.05) is 19.5 Å². The number of nitrogens with zero attached hydrogens (tertiary/aromatic N) is 1. The summed E-state index contributed by atoms with van der Waals surface area (Å²) in [5.41, 5.74) is 0.612. The largest absolute Gasteiger partial charge is 0.393 e. The zero-order chi connectivity index (χ0) is 14.0. The molecule has 0 spiro atoms. The van der Waals surface area contributed by atoms with Gasteiger partial charge < -0.3 is 10.0 Å². The Kier molecular flexibility index (Phi) is 4.46. The van der Waals surface area contributed by atoms with Crippen molar-refractivity contribution in [2.75, 3.05) is 18.5 Å². The van der Waals surface area contributed by atoms with Gasteiger partial charge in [0.25, 0.3) is 0 Å². The molecule has 2 nitrogen and oxygen atoms in total. The van der Waals surface area contributed by atoms with Crippen molar-refractivity contribution in [1.82, 2.24) is 0 Å². The Morgan fingerprint density at radius 2 is 1.95 bits per heavy atom. The molecule has 1 aliphatic rings. The Hall–Kier alpha value is -1.09. The normalized spacial score (nSPS) is 31.2. The average Bonchev–Trinajstić information content (AvgIpc) is 2.34. The lowest BCUT2D eigenvalue weighted by molar-refractivity contribution is 0.0205. The Morgan fingerprint density at radius 1 is 1.26 bits per heavy atom. The first-order valence-corrected chi connectivity index (χ1v) is 7.12. The van der Waals surface area contributed by atoms with E-state index in [1.807, 2.05) is 18.0 Å². The van der Waals surface area contributed by atoms with E-state index < -0.39 is 0 Å². The number of aliphatic hydroxyl groups excluding tert-OH is 1. The summed E-state index contributed by atoms with van der Waals surface area (Å²) in [6, 6.07) is 6.82. The molecule has 0 bridgehead atoms. The second-order valence-corrected chi connectivity index (χ2v) is 6.12. The van der Waals surface area contributed by atoms with E-state index in [1.165, 1.54) is 6.07 Å². The average molecular weight is 265 g/mol. The first-order valence-electron chi connectivity index (χ1n) is 7.12. The van der Waals surface area contributed by atoms with Crippen LogP contribution in [0.1, 0.15) is 26.7 Å². The summed E-state index contributed by atoms with van der Waals surface area (Å²) < 4.78 is 13.7. The molecule has 0 heterocycles. The molecular weight excluding hydrogens is 241 g/mol. The molecule has 3 heteroatoms. The van der Waals surface area contributed by atoms with Gasteiger partial charge in [-0.15, -0.1) is 0 Å². The van der Waals surface area contributed by atoms with Crippen LogP contribution in [0, 0.1) is 23.6 Å². The lowest BCUT2D eigenvalue weighted by Gasteiger charge is -2.39. The highest BCUT2D eigenvalue weighted by atomic mass is 19.1. The van der Waals surface area contributed by atoms with Gasteiger partial charge >= 0.3 is 0 Å². The van der Waals surface area contributed by atoms with Crippen LogP contribution in [0.3, 0.4) is 0 Å². The molecule has 1 aromatic rings. The van der Waals surface area contributed by atoms with Crippen LogP contribution in [0.4, 0.5) is 10.1 Å². The highest BCUT2D eigenvalue weighted by Crippen LogP contribution is 2.35. The highest BCUT2D eigenvalue weighted by molar-refractivity contribution is 5.46. The lowest BCUT2D eigenvalue weighted by Crippen LogP contribution is -2.41. The third kappa shape index (κ3) is 3.27. The first-order chi connectivity index (χ1) is 8.99. The van der Waals surface area contributed by atoms with Crippen molar-refractivity contribution in [2.24, 2.45) is 17.8 Å². The van der Waals surface area contributed by atoms with E-state index in [-0.39, 0.29) is 17.8 Å². The molecule has 1 aromatic carbocycles. The fourth-order valence-corrected chi connectivity index (χ4v) is 3.35. The number of hydrogen-bond donors (Lipinski definition) is 1. The Morgan fingerprint density at radius 3 is 2.58 bits per heavy atom. The summed E-state index contributed by atoms with van der Waals surface area (Å²) >= 11 is 0. The monoisotopic (exact) mass is 265 g/mol. The summed E-state index contributed by atoms with van der Waals surface area (Å²) in [6.45, 7) is 5.09. The van der Waals surface area contributed by atoms with Gasteiger partial charge in [0.15, 0.2) is 0 Å². The van der Waals surface area contributed by atoms with Crippen LogP contribution in [0.25, 0.3) is 0 Å². The van der Waals surface area contributed by atoms with Crippen molar-refractivity contribution in [2.45, 2.75) is 32.8 Å². The van der Waals surface area contributed by atoms with Gasteiger partial charge in [0.1, 0.15) is 5.82 Å². The minimum Gasteiger partial charge on any atom is -0.393 e. The van der Waals surface area contributed by atoms with Crippen LogP contribution in [0.15, 0.2) is 24.3 Å². The predicted molar refractivity (Wildman–Crippen MR) is 76.7 cm³/mol. The molecule has 0 amide bonds. The van der Waals surface area contributed by atoms with E-state index in [0.29, 0.717) is 24.1 Å². The summed E-state index contributed by atoms with van der Waals surface area (Å²) in [5.74, 6) is 1.09. The van der Waals surface area contributed by atoms with Gasteiger partial charge in [0.2, 0.25) is 0 Å². The van der Waals surface area contributed by atoms with E-state index in [0.717, 1.165) is 12.8 Å². The van der Waals surface area contributed by atoms with Gasteiger partial charge in [0.05, 0.1) is 11.8 Å². The van der Waals surface area contributed by atoms with Gasteiger partial charge in [-0.3, -0.25) is 0 Å². The quantitative estimate of drug-likeness (QED) is 0.906. The van der Waals surface area contributed by atoms with E-state index in [1.54, 1.807) is 12.1 Å². The number of hydrogen-bond acceptors (Lipinski definition) is 2. The molecule has 1 N–H and O–H groups in total. The van der Waals surface area contributed by atoms with E-state index in [9.17, 15) is 9.50 Å². The van der Waals surface area contributed by atoms with Crippen LogP contribution >= 0.6 is 0 Å². The van der Waals surface area contributed by atoms with E-state index in [4.69, 9.17) is 0 Å². The van der Waals surface area contributed by atoms with Gasteiger partial charge in [-0.25, -0.2) is 4.39 Å². The summed E-state index contributed by atoms with van der Waals surface area (Å²) in [7, 11) is 1.90.